The first-order chi connectivity index (χ1) is 8.52. The van der Waals surface area contributed by atoms with Crippen molar-refractivity contribution in [3.8, 4) is 6.07 Å². The Bertz CT molecular complexity index is 463. The van der Waals surface area contributed by atoms with Crippen molar-refractivity contribution in [3.63, 3.8) is 0 Å². The van der Waals surface area contributed by atoms with E-state index in [0.717, 1.165) is 5.69 Å². The molecule has 0 bridgehead atoms. The van der Waals surface area contributed by atoms with Gasteiger partial charge in [-0.25, -0.2) is 0 Å². The molecule has 96 valence electrons. The Morgan fingerprint density at radius 1 is 1.50 bits per heavy atom. The molecule has 0 heterocycles. The number of amides is 1. The van der Waals surface area contributed by atoms with Gasteiger partial charge in [0.2, 0.25) is 5.91 Å². The molecule has 0 saturated heterocycles. The lowest BCUT2D eigenvalue weighted by molar-refractivity contribution is -0.121. The van der Waals surface area contributed by atoms with Crippen LogP contribution in [0.1, 0.15) is 25.8 Å². The Labute approximate surface area is 107 Å². The fourth-order valence-corrected chi connectivity index (χ4v) is 1.50. The van der Waals surface area contributed by atoms with Crippen LogP contribution in [0.5, 0.6) is 0 Å². The Morgan fingerprint density at radius 3 is 2.78 bits per heavy atom. The molecular weight excluding hydrogens is 228 g/mol. The minimum Gasteiger partial charge on any atom is -0.397 e. The molecule has 0 radical (unpaired) electrons. The topological polar surface area (TPSA) is 90.9 Å². The molecule has 0 saturated carbocycles. The van der Waals surface area contributed by atoms with E-state index in [9.17, 15) is 4.79 Å². The maximum absolute atomic E-state index is 11.4. The molecule has 1 aromatic carbocycles. The largest absolute Gasteiger partial charge is 0.397 e. The Kier molecular flexibility index (Phi) is 5.00. The molecule has 0 unspecified atom stereocenters. The highest BCUT2D eigenvalue weighted by Gasteiger charge is 2.04. The maximum atomic E-state index is 11.4. The summed E-state index contributed by atoms with van der Waals surface area (Å²) in [5, 5.41) is 14.6. The summed E-state index contributed by atoms with van der Waals surface area (Å²) >= 11 is 0. The van der Waals surface area contributed by atoms with Crippen LogP contribution in [0.25, 0.3) is 0 Å². The number of anilines is 2. The maximum Gasteiger partial charge on any atom is 0.221 e. The molecule has 5 heteroatoms. The molecule has 0 spiro atoms. The zero-order valence-corrected chi connectivity index (χ0v) is 10.7. The lowest BCUT2D eigenvalue weighted by Crippen LogP contribution is -2.31. The molecule has 1 aromatic rings. The van der Waals surface area contributed by atoms with Gasteiger partial charge in [-0.3, -0.25) is 4.79 Å². The SMILES string of the molecule is CC(C)NC(=O)CCNc1ccc(C#N)cc1N. The summed E-state index contributed by atoms with van der Waals surface area (Å²) in [5.41, 5.74) is 7.56. The molecule has 0 atom stereocenters. The Hall–Kier alpha value is -2.22. The van der Waals surface area contributed by atoms with Crippen LogP contribution in [0, 0.1) is 11.3 Å². The van der Waals surface area contributed by atoms with Crippen molar-refractivity contribution in [2.75, 3.05) is 17.6 Å². The van der Waals surface area contributed by atoms with Crippen LogP contribution in [0.15, 0.2) is 18.2 Å². The molecule has 1 rings (SSSR count). The summed E-state index contributed by atoms with van der Waals surface area (Å²) < 4.78 is 0. The van der Waals surface area contributed by atoms with E-state index >= 15 is 0 Å². The van der Waals surface area contributed by atoms with E-state index in [2.05, 4.69) is 10.6 Å². The van der Waals surface area contributed by atoms with Crippen LogP contribution in [-0.2, 0) is 4.79 Å². The number of rotatable bonds is 5. The van der Waals surface area contributed by atoms with Gasteiger partial charge in [0.15, 0.2) is 0 Å². The summed E-state index contributed by atoms with van der Waals surface area (Å²) in [6, 6.07) is 7.21. The molecular formula is C13H18N4O. The van der Waals surface area contributed by atoms with E-state index in [1.54, 1.807) is 18.2 Å². The highest BCUT2D eigenvalue weighted by Crippen LogP contribution is 2.19. The first kappa shape index (κ1) is 13.8. The smallest absolute Gasteiger partial charge is 0.221 e. The van der Waals surface area contributed by atoms with Gasteiger partial charge in [-0.2, -0.15) is 5.26 Å². The van der Waals surface area contributed by atoms with E-state index in [1.807, 2.05) is 19.9 Å². The molecule has 0 aliphatic carbocycles. The van der Waals surface area contributed by atoms with Crippen molar-refractivity contribution >= 4 is 17.3 Å². The van der Waals surface area contributed by atoms with Crippen molar-refractivity contribution in [2.24, 2.45) is 0 Å². The standard InChI is InChI=1S/C13H18N4O/c1-9(2)17-13(18)5-6-16-12-4-3-10(8-14)7-11(12)15/h3-4,7,9,16H,5-6,15H2,1-2H3,(H,17,18). The van der Waals surface area contributed by atoms with E-state index < -0.39 is 0 Å². The fraction of sp³-hybridized carbons (Fsp3) is 0.385. The lowest BCUT2D eigenvalue weighted by Gasteiger charge is -2.11. The predicted molar refractivity (Wildman–Crippen MR) is 72.0 cm³/mol. The number of carbonyl (C=O) groups is 1. The number of hydrogen-bond acceptors (Lipinski definition) is 4. The third kappa shape index (κ3) is 4.34. The monoisotopic (exact) mass is 246 g/mol. The summed E-state index contributed by atoms with van der Waals surface area (Å²) in [6.45, 7) is 4.35. The normalized spacial score (nSPS) is 9.89. The zero-order valence-electron chi connectivity index (χ0n) is 10.7. The third-order valence-corrected chi connectivity index (χ3v) is 2.30. The van der Waals surface area contributed by atoms with Crippen LogP contribution in [0.3, 0.4) is 0 Å². The van der Waals surface area contributed by atoms with Gasteiger partial charge in [0.1, 0.15) is 0 Å². The van der Waals surface area contributed by atoms with E-state index in [0.29, 0.717) is 24.2 Å². The molecule has 0 aromatic heterocycles. The van der Waals surface area contributed by atoms with Crippen molar-refractivity contribution < 1.29 is 4.79 Å². The molecule has 0 aliphatic heterocycles. The van der Waals surface area contributed by atoms with Gasteiger partial charge in [0.05, 0.1) is 23.0 Å². The summed E-state index contributed by atoms with van der Waals surface area (Å²) in [4.78, 5) is 11.4. The highest BCUT2D eigenvalue weighted by atomic mass is 16.1. The highest BCUT2D eigenvalue weighted by molar-refractivity contribution is 5.77. The average molecular weight is 246 g/mol. The van der Waals surface area contributed by atoms with Crippen LogP contribution in [0.2, 0.25) is 0 Å². The second kappa shape index (κ2) is 6.50. The van der Waals surface area contributed by atoms with Crippen molar-refractivity contribution in [2.45, 2.75) is 26.3 Å². The Morgan fingerprint density at radius 2 is 2.22 bits per heavy atom. The second-order valence-corrected chi connectivity index (χ2v) is 4.31. The van der Waals surface area contributed by atoms with Gasteiger partial charge in [-0.15, -0.1) is 0 Å². The molecule has 0 fully saturated rings. The van der Waals surface area contributed by atoms with Crippen molar-refractivity contribution in [3.05, 3.63) is 23.8 Å². The van der Waals surface area contributed by atoms with Gasteiger partial charge in [-0.05, 0) is 32.0 Å². The summed E-state index contributed by atoms with van der Waals surface area (Å²) in [5.74, 6) is 0.00437. The van der Waals surface area contributed by atoms with E-state index in [1.165, 1.54) is 0 Å². The second-order valence-electron chi connectivity index (χ2n) is 4.31. The van der Waals surface area contributed by atoms with Crippen LogP contribution >= 0.6 is 0 Å². The first-order valence-corrected chi connectivity index (χ1v) is 5.85. The van der Waals surface area contributed by atoms with Crippen LogP contribution in [-0.4, -0.2) is 18.5 Å². The summed E-state index contributed by atoms with van der Waals surface area (Å²) in [6.07, 6.45) is 0.387. The molecule has 4 N–H and O–H groups in total. The molecule has 0 aliphatic rings. The fourth-order valence-electron chi connectivity index (χ4n) is 1.50. The number of nitrogens with zero attached hydrogens (tertiary/aromatic N) is 1. The minimum absolute atomic E-state index is 0.00437. The molecule has 1 amide bonds. The number of nitrogens with two attached hydrogens (primary N) is 1. The number of nitrogen functional groups attached to an aromatic ring is 1. The minimum atomic E-state index is 0.00437. The molecule has 5 nitrogen and oxygen atoms in total. The lowest BCUT2D eigenvalue weighted by atomic mass is 10.2. The average Bonchev–Trinajstić information content (AvgIpc) is 2.30. The van der Waals surface area contributed by atoms with Crippen LogP contribution in [0.4, 0.5) is 11.4 Å². The Balaban J connectivity index is 2.45. The predicted octanol–water partition coefficient (Wildman–Crippen LogP) is 1.47. The van der Waals surface area contributed by atoms with E-state index in [4.69, 9.17) is 11.0 Å². The van der Waals surface area contributed by atoms with Crippen LogP contribution < -0.4 is 16.4 Å². The number of carbonyl (C=O) groups excluding carboxylic acids is 1. The number of hydrogen-bond donors (Lipinski definition) is 3. The number of nitrogens with one attached hydrogen (secondary N) is 2. The molecule has 18 heavy (non-hydrogen) atoms. The van der Waals surface area contributed by atoms with Gasteiger partial charge in [0, 0.05) is 19.0 Å². The van der Waals surface area contributed by atoms with Crippen molar-refractivity contribution in [1.82, 2.24) is 5.32 Å². The van der Waals surface area contributed by atoms with Gasteiger partial charge < -0.3 is 16.4 Å². The van der Waals surface area contributed by atoms with E-state index in [-0.39, 0.29) is 11.9 Å². The quantitative estimate of drug-likeness (QED) is 0.686. The first-order valence-electron chi connectivity index (χ1n) is 5.85. The van der Waals surface area contributed by atoms with Gasteiger partial charge in [0.25, 0.3) is 0 Å². The number of nitriles is 1. The zero-order chi connectivity index (χ0) is 13.5. The number of benzene rings is 1. The third-order valence-electron chi connectivity index (χ3n) is 2.30. The van der Waals surface area contributed by atoms with Crippen molar-refractivity contribution in [1.29, 1.82) is 5.26 Å². The van der Waals surface area contributed by atoms with Gasteiger partial charge in [-0.1, -0.05) is 0 Å². The summed E-state index contributed by atoms with van der Waals surface area (Å²) in [7, 11) is 0. The van der Waals surface area contributed by atoms with Gasteiger partial charge >= 0.3 is 0 Å².